The normalized spacial score (nSPS) is 27.8. The molecule has 0 spiro atoms. The molecule has 33 heavy (non-hydrogen) atoms. The zero-order valence-corrected chi connectivity index (χ0v) is 21.4. The molecule has 3 aliphatic heterocycles. The van der Waals surface area contributed by atoms with E-state index in [1.54, 1.807) is 0 Å². The van der Waals surface area contributed by atoms with Crippen LogP contribution in [0.25, 0.3) is 0 Å². The number of thioether (sulfide) groups is 2. The molecule has 2 N–H and O–H groups in total. The summed E-state index contributed by atoms with van der Waals surface area (Å²) in [6.45, 7) is 8.28. The Hall–Kier alpha value is -1.82. The van der Waals surface area contributed by atoms with Crippen molar-refractivity contribution in [3.63, 3.8) is 0 Å². The van der Waals surface area contributed by atoms with Crippen LogP contribution >= 0.6 is 35.7 Å². The fraction of sp³-hybridized carbons (Fsp3) is 0.545. The summed E-state index contributed by atoms with van der Waals surface area (Å²) in [6, 6.07) is 7.44. The Bertz CT molecular complexity index is 974. The van der Waals surface area contributed by atoms with Crippen LogP contribution in [-0.2, 0) is 14.4 Å². The number of hydrogen-bond donors (Lipinski definition) is 2. The molecule has 2 unspecified atom stereocenters. The van der Waals surface area contributed by atoms with Crippen molar-refractivity contribution in [2.24, 2.45) is 0 Å². The van der Waals surface area contributed by atoms with E-state index in [1.165, 1.54) is 28.4 Å². The monoisotopic (exact) mass is 508 g/mol. The van der Waals surface area contributed by atoms with Gasteiger partial charge in [0.1, 0.15) is 27.8 Å². The van der Waals surface area contributed by atoms with Gasteiger partial charge in [0.05, 0.1) is 12.5 Å². The molecule has 1 aromatic rings. The summed E-state index contributed by atoms with van der Waals surface area (Å²) in [4.78, 5) is 43.8. The van der Waals surface area contributed by atoms with Crippen molar-refractivity contribution in [3.05, 3.63) is 35.9 Å². The number of carbonyl (C=O) groups excluding carboxylic acids is 2. The number of fused-ring (bicyclic) bond motifs is 1. The minimum absolute atomic E-state index is 0.194. The van der Waals surface area contributed by atoms with Gasteiger partial charge in [-0.25, -0.2) is 4.79 Å². The fourth-order valence-corrected chi connectivity index (χ4v) is 7.58. The lowest BCUT2D eigenvalue weighted by Gasteiger charge is -2.45. The molecule has 4 rings (SSSR count). The van der Waals surface area contributed by atoms with E-state index in [0.29, 0.717) is 12.5 Å². The number of hydrogen-bond acceptors (Lipinski definition) is 7. The number of nitrogens with one attached hydrogen (secondary N) is 1. The Morgan fingerprint density at radius 1 is 1.24 bits per heavy atom. The minimum Gasteiger partial charge on any atom is -0.480 e. The van der Waals surface area contributed by atoms with E-state index >= 15 is 0 Å². The number of carbonyl (C=O) groups is 3. The average molecular weight is 509 g/mol. The average Bonchev–Trinajstić information content (AvgIpc) is 3.02. The maximum absolute atomic E-state index is 13.6. The van der Waals surface area contributed by atoms with Crippen LogP contribution in [0.3, 0.4) is 0 Å². The molecule has 0 aromatic heterocycles. The van der Waals surface area contributed by atoms with Gasteiger partial charge in [-0.15, -0.1) is 11.8 Å². The van der Waals surface area contributed by atoms with Gasteiger partial charge in [-0.1, -0.05) is 54.3 Å². The molecule has 1 aromatic carbocycles. The Labute approximate surface area is 207 Å². The van der Waals surface area contributed by atoms with E-state index < -0.39 is 28.8 Å². The quantitative estimate of drug-likeness (QED) is 0.444. The molecule has 3 fully saturated rings. The fourth-order valence-electron chi connectivity index (χ4n) is 4.59. The lowest BCUT2D eigenvalue weighted by molar-refractivity contribution is -0.161. The summed E-state index contributed by atoms with van der Waals surface area (Å²) >= 11 is 8.45. The zero-order valence-electron chi connectivity index (χ0n) is 18.9. The Kier molecular flexibility index (Phi) is 6.69. The maximum Gasteiger partial charge on any atom is 0.327 e. The van der Waals surface area contributed by atoms with Crippen molar-refractivity contribution in [3.8, 4) is 0 Å². The Balaban J connectivity index is 1.56. The van der Waals surface area contributed by atoms with Crippen molar-refractivity contribution < 1.29 is 19.5 Å². The number of carboxylic acids is 1. The minimum atomic E-state index is -1.02. The predicted octanol–water partition coefficient (Wildman–Crippen LogP) is 2.32. The first-order valence-electron chi connectivity index (χ1n) is 10.8. The van der Waals surface area contributed by atoms with Crippen LogP contribution in [0.5, 0.6) is 0 Å². The number of carboxylic acid groups (broad SMARTS) is 1. The first-order valence-corrected chi connectivity index (χ1v) is 13.1. The van der Waals surface area contributed by atoms with Crippen LogP contribution in [0.2, 0.25) is 0 Å². The molecular weight excluding hydrogens is 480 g/mol. The molecule has 4 atom stereocenters. The zero-order chi connectivity index (χ0) is 24.1. The van der Waals surface area contributed by atoms with Crippen molar-refractivity contribution in [1.29, 1.82) is 0 Å². The molecule has 3 heterocycles. The third-order valence-electron chi connectivity index (χ3n) is 6.25. The highest BCUT2D eigenvalue weighted by Gasteiger charge is 2.64. The van der Waals surface area contributed by atoms with Crippen LogP contribution in [0.1, 0.15) is 39.3 Å². The van der Waals surface area contributed by atoms with Crippen molar-refractivity contribution in [1.82, 2.24) is 20.0 Å². The van der Waals surface area contributed by atoms with Gasteiger partial charge >= 0.3 is 5.97 Å². The van der Waals surface area contributed by atoms with E-state index in [-0.39, 0.29) is 23.2 Å². The van der Waals surface area contributed by atoms with E-state index in [2.05, 4.69) is 29.0 Å². The van der Waals surface area contributed by atoms with Crippen LogP contribution in [0.4, 0.5) is 0 Å². The molecule has 0 radical (unpaired) electrons. The number of thiocarbonyl (C=S) groups is 1. The molecular formula is C22H28N4O4S3. The molecule has 3 aliphatic rings. The maximum atomic E-state index is 13.6. The van der Waals surface area contributed by atoms with E-state index in [1.807, 2.05) is 44.2 Å². The van der Waals surface area contributed by atoms with E-state index in [4.69, 9.17) is 12.2 Å². The number of rotatable bonds is 6. The van der Waals surface area contributed by atoms with Crippen molar-refractivity contribution >= 4 is 57.8 Å². The number of amides is 2. The standard InChI is InChI=1S/C22H28N4O4S3/c1-12(2)25-10-24(11-32-21(25)31)15(13-8-6-5-7-9-13)17(27)23-14-18(28)26-16(20(29)30)22(3,4)33-19(14)26/h5-9,12,14-16,19H,10-11H2,1-4H3,(H,23,27)(H,29,30)/t14-,15-,16?,19?/m1/s1. The molecule has 11 heteroatoms. The van der Waals surface area contributed by atoms with Crippen LogP contribution in [-0.4, -0.2) is 82.7 Å². The van der Waals surface area contributed by atoms with Gasteiger partial charge in [0, 0.05) is 10.8 Å². The molecule has 0 aliphatic carbocycles. The first kappa shape index (κ1) is 24.3. The van der Waals surface area contributed by atoms with E-state index in [9.17, 15) is 19.5 Å². The molecule has 8 nitrogen and oxygen atoms in total. The Morgan fingerprint density at radius 3 is 2.52 bits per heavy atom. The summed E-state index contributed by atoms with van der Waals surface area (Å²) < 4.78 is 0.170. The van der Waals surface area contributed by atoms with Crippen molar-refractivity contribution in [2.45, 2.75) is 62.0 Å². The van der Waals surface area contributed by atoms with Crippen LogP contribution in [0, 0.1) is 0 Å². The number of β-lactam (4-membered cyclic amide) rings is 1. The van der Waals surface area contributed by atoms with Gasteiger partial charge in [0.15, 0.2) is 0 Å². The van der Waals surface area contributed by atoms with Gasteiger partial charge in [-0.05, 0) is 33.3 Å². The van der Waals surface area contributed by atoms with Gasteiger partial charge in [0.2, 0.25) is 11.8 Å². The topological polar surface area (TPSA) is 93.2 Å². The SMILES string of the molecule is CC(C)N1CN([C@@H](C(=O)N[C@@H]2C(=O)N3C2SC(C)(C)C3C(=O)O)c2ccccc2)CSC1=S. The van der Waals surface area contributed by atoms with Crippen molar-refractivity contribution in [2.75, 3.05) is 12.5 Å². The number of benzene rings is 1. The molecule has 0 saturated carbocycles. The second kappa shape index (κ2) is 9.09. The number of aliphatic carboxylic acids is 1. The molecule has 0 bridgehead atoms. The summed E-state index contributed by atoms with van der Waals surface area (Å²) in [6.07, 6.45) is 0. The van der Waals surface area contributed by atoms with Crippen LogP contribution in [0.15, 0.2) is 30.3 Å². The second-order valence-corrected chi connectivity index (χ2v) is 12.6. The highest BCUT2D eigenvalue weighted by molar-refractivity contribution is 8.22. The summed E-state index contributed by atoms with van der Waals surface area (Å²) in [7, 11) is 0. The Morgan fingerprint density at radius 2 is 1.91 bits per heavy atom. The third kappa shape index (κ3) is 4.36. The predicted molar refractivity (Wildman–Crippen MR) is 134 cm³/mol. The smallest absolute Gasteiger partial charge is 0.327 e. The third-order valence-corrected chi connectivity index (χ3v) is 9.35. The van der Waals surface area contributed by atoms with E-state index in [0.717, 1.165) is 9.88 Å². The lowest BCUT2D eigenvalue weighted by Crippen LogP contribution is -2.71. The largest absolute Gasteiger partial charge is 0.480 e. The first-order chi connectivity index (χ1) is 15.5. The molecule has 2 amide bonds. The highest BCUT2D eigenvalue weighted by Crippen LogP contribution is 2.50. The number of nitrogens with zero attached hydrogens (tertiary/aromatic N) is 3. The van der Waals surface area contributed by atoms with Gasteiger partial charge < -0.3 is 20.2 Å². The van der Waals surface area contributed by atoms with Crippen LogP contribution < -0.4 is 5.32 Å². The summed E-state index contributed by atoms with van der Waals surface area (Å²) in [5.41, 5.74) is 0.832. The highest BCUT2D eigenvalue weighted by atomic mass is 32.2. The molecule has 178 valence electrons. The summed E-state index contributed by atoms with van der Waals surface area (Å²) in [5, 5.41) is 12.2. The second-order valence-electron chi connectivity index (χ2n) is 9.23. The van der Waals surface area contributed by atoms with Gasteiger partial charge in [0.25, 0.3) is 0 Å². The molecule has 3 saturated heterocycles. The summed E-state index contributed by atoms with van der Waals surface area (Å²) in [5.74, 6) is -1.07. The van der Waals surface area contributed by atoms with Gasteiger partial charge in [-0.2, -0.15) is 0 Å². The lowest BCUT2D eigenvalue weighted by atomic mass is 9.95. The van der Waals surface area contributed by atoms with Gasteiger partial charge in [-0.3, -0.25) is 14.5 Å².